The zero-order valence-corrected chi connectivity index (χ0v) is 33.3. The number of carbonyl (C=O) groups is 4. The normalized spacial score (nSPS) is 16.1. The van der Waals surface area contributed by atoms with Crippen LogP contribution in [-0.2, 0) is 0 Å². The Morgan fingerprint density at radius 1 is 0.446 bits per heavy atom. The molecule has 6 nitrogen and oxygen atoms in total. The molecule has 0 N–H and O–H groups in total. The monoisotopic (exact) mass is 747 g/mol. The molecule has 0 bridgehead atoms. The largest absolute Gasteiger partial charge is 0.274 e. The van der Waals surface area contributed by atoms with E-state index >= 15 is 0 Å². The fraction of sp³-hybridized carbons (Fsp3) is 0.420. The van der Waals surface area contributed by atoms with Crippen LogP contribution in [0.5, 0.6) is 0 Å². The number of imide groups is 2. The van der Waals surface area contributed by atoms with E-state index in [2.05, 4.69) is 13.8 Å². The van der Waals surface area contributed by atoms with Gasteiger partial charge in [0.1, 0.15) is 0 Å². The molecule has 0 atom stereocenters. The molecule has 5 radical (unpaired) electrons. The fourth-order valence-corrected chi connectivity index (χ4v) is 9.77. The minimum Gasteiger partial charge on any atom is -0.274 e. The number of rotatable bonds is 20. The lowest BCUT2D eigenvalue weighted by Gasteiger charge is -2.35. The number of carbonyl (C=O) groups excluding carboxylic acids is 4. The third-order valence-electron chi connectivity index (χ3n) is 12.8. The van der Waals surface area contributed by atoms with E-state index in [4.69, 9.17) is 0 Å². The molecule has 5 aromatic rings. The Balaban J connectivity index is 1.12. The van der Waals surface area contributed by atoms with Crippen LogP contribution < -0.4 is 0 Å². The summed E-state index contributed by atoms with van der Waals surface area (Å²) in [5.41, 5.74) is 2.24. The highest BCUT2D eigenvalue weighted by molar-refractivity contribution is 6.41. The molecule has 1 saturated carbocycles. The Morgan fingerprint density at radius 3 is 1.23 bits per heavy atom. The van der Waals surface area contributed by atoms with Gasteiger partial charge in [-0.25, -0.2) is 0 Å². The van der Waals surface area contributed by atoms with Gasteiger partial charge in [0.05, 0.1) is 0 Å². The predicted octanol–water partition coefficient (Wildman–Crippen LogP) is 12.4. The lowest BCUT2D eigenvalue weighted by Crippen LogP contribution is -2.47. The minimum absolute atomic E-state index is 0.118. The van der Waals surface area contributed by atoms with Crippen molar-refractivity contribution in [1.82, 2.24) is 9.80 Å². The van der Waals surface area contributed by atoms with E-state index in [1.54, 1.807) is 4.90 Å². The maximum Gasteiger partial charge on any atom is 0.261 e. The summed E-state index contributed by atoms with van der Waals surface area (Å²) in [7, 11) is 0. The summed E-state index contributed by atoms with van der Waals surface area (Å²) in [5.74, 6) is 0.183. The van der Waals surface area contributed by atoms with Gasteiger partial charge in [-0.1, -0.05) is 128 Å². The number of amides is 4. The predicted molar refractivity (Wildman–Crippen MR) is 228 cm³/mol. The van der Waals surface area contributed by atoms with Crippen LogP contribution in [0.25, 0.3) is 43.1 Å². The second kappa shape index (κ2) is 17.0. The fourth-order valence-electron chi connectivity index (χ4n) is 9.77. The molecule has 2 heterocycles. The van der Waals surface area contributed by atoms with Crippen molar-refractivity contribution in [3.63, 3.8) is 0 Å². The van der Waals surface area contributed by atoms with Gasteiger partial charge in [-0.3, -0.25) is 29.0 Å². The maximum absolute atomic E-state index is 14.6. The maximum atomic E-state index is 14.6. The molecule has 0 saturated heterocycles. The standard InChI is InChI=1S/C50H55N2O4/c1-3-5-7-9-11-13-15-21-34(22-16-14-12-10-8-6-4-2)52-49(55)41-29-25-37-35-23-27-39-45-40(48(54)51(47(39)53)32-31-33-19-17-18-20-33)28-24-36(43(35)45)38-26-30-42(50(52)56)46(41)44(37)38/h17-20,23-30,34H,3-16,21-22,31-32H2,1-2H3. The van der Waals surface area contributed by atoms with Crippen LogP contribution >= 0.6 is 0 Å². The molecule has 4 amide bonds. The summed E-state index contributed by atoms with van der Waals surface area (Å²) >= 11 is 0. The van der Waals surface area contributed by atoms with E-state index in [-0.39, 0.29) is 29.7 Å². The average molecular weight is 748 g/mol. The van der Waals surface area contributed by atoms with Gasteiger partial charge in [0.2, 0.25) is 0 Å². The Morgan fingerprint density at radius 2 is 0.821 bits per heavy atom. The summed E-state index contributed by atoms with van der Waals surface area (Å²) in [6, 6.07) is 15.4. The lowest BCUT2D eigenvalue weighted by atomic mass is 9.82. The zero-order valence-electron chi connectivity index (χ0n) is 33.3. The van der Waals surface area contributed by atoms with Gasteiger partial charge < -0.3 is 0 Å². The molecule has 1 aliphatic carbocycles. The highest BCUT2D eigenvalue weighted by Crippen LogP contribution is 2.47. The van der Waals surface area contributed by atoms with Crippen molar-refractivity contribution < 1.29 is 19.2 Å². The second-order valence-electron chi connectivity index (χ2n) is 16.4. The molecule has 0 spiro atoms. The molecule has 6 heteroatoms. The van der Waals surface area contributed by atoms with Crippen molar-refractivity contribution in [1.29, 1.82) is 0 Å². The van der Waals surface area contributed by atoms with Crippen molar-refractivity contribution in [3.8, 4) is 0 Å². The molecule has 0 aromatic heterocycles. The third kappa shape index (κ3) is 7.00. The van der Waals surface area contributed by atoms with Gasteiger partial charge in [0.25, 0.3) is 23.6 Å². The highest BCUT2D eigenvalue weighted by atomic mass is 16.2. The van der Waals surface area contributed by atoms with Crippen LogP contribution in [0.4, 0.5) is 0 Å². The average Bonchev–Trinajstić information content (AvgIpc) is 3.74. The first kappa shape index (κ1) is 38.5. The minimum atomic E-state index is -0.271. The molecular formula is C50H55N2O4. The smallest absolute Gasteiger partial charge is 0.261 e. The zero-order chi connectivity index (χ0) is 38.8. The molecule has 1 fully saturated rings. The van der Waals surface area contributed by atoms with Crippen molar-refractivity contribution in [2.24, 2.45) is 0 Å². The summed E-state index contributed by atoms with van der Waals surface area (Å²) < 4.78 is 0. The first-order chi connectivity index (χ1) is 27.4. The molecule has 3 aliphatic rings. The van der Waals surface area contributed by atoms with Crippen LogP contribution in [0.15, 0.2) is 48.5 Å². The van der Waals surface area contributed by atoms with E-state index in [0.29, 0.717) is 40.6 Å². The van der Waals surface area contributed by atoms with Gasteiger partial charge in [-0.2, -0.15) is 0 Å². The van der Waals surface area contributed by atoms with Crippen LogP contribution in [0.1, 0.15) is 164 Å². The Kier molecular flexibility index (Phi) is 11.7. The topological polar surface area (TPSA) is 74.8 Å². The number of unbranched alkanes of at least 4 members (excludes halogenated alkanes) is 12. The number of nitrogens with zero attached hydrogens (tertiary/aromatic N) is 2. The molecule has 289 valence electrons. The van der Waals surface area contributed by atoms with Gasteiger partial charge in [-0.05, 0) is 107 Å². The van der Waals surface area contributed by atoms with E-state index in [1.807, 2.05) is 74.2 Å². The number of benzene rings is 5. The summed E-state index contributed by atoms with van der Waals surface area (Å²) in [4.78, 5) is 60.1. The molecule has 0 unspecified atom stereocenters. The summed E-state index contributed by atoms with van der Waals surface area (Å²) in [6.07, 6.45) is 27.0. The SMILES string of the molecule is CCCCCCCCCC(CCCCCCCCC)N1C(=O)c2ccc3c4ccc5c6c(ccc(c7ccc(c2c37)C1=O)c64)C(=O)N(CC[C]1[CH][CH][CH][CH]1)C5=O. The number of hydrogen-bond donors (Lipinski definition) is 0. The highest BCUT2D eigenvalue weighted by Gasteiger charge is 2.39. The van der Waals surface area contributed by atoms with Crippen LogP contribution in [0.2, 0.25) is 0 Å². The van der Waals surface area contributed by atoms with E-state index < -0.39 is 0 Å². The Hall–Kier alpha value is -4.32. The summed E-state index contributed by atoms with van der Waals surface area (Å²) in [5, 5.41) is 6.88. The van der Waals surface area contributed by atoms with Gasteiger partial charge >= 0.3 is 0 Å². The van der Waals surface area contributed by atoms with Gasteiger partial charge in [-0.15, -0.1) is 0 Å². The molecule has 56 heavy (non-hydrogen) atoms. The first-order valence-electron chi connectivity index (χ1n) is 21.6. The van der Waals surface area contributed by atoms with Crippen molar-refractivity contribution in [2.45, 2.75) is 129 Å². The number of fused-ring (bicyclic) bond motifs is 2. The third-order valence-corrected chi connectivity index (χ3v) is 12.8. The molecule has 2 aliphatic heterocycles. The Labute approximate surface area is 332 Å². The number of hydrogen-bond acceptors (Lipinski definition) is 4. The second-order valence-corrected chi connectivity index (χ2v) is 16.4. The summed E-state index contributed by atoms with van der Waals surface area (Å²) in [6.45, 7) is 4.80. The van der Waals surface area contributed by atoms with E-state index in [9.17, 15) is 19.2 Å². The van der Waals surface area contributed by atoms with Gasteiger partial charge in [0.15, 0.2) is 0 Å². The van der Waals surface area contributed by atoms with Crippen molar-refractivity contribution in [3.05, 3.63) is 102 Å². The Bertz CT molecular complexity index is 2130. The van der Waals surface area contributed by atoms with Crippen molar-refractivity contribution >= 4 is 66.7 Å². The van der Waals surface area contributed by atoms with Crippen molar-refractivity contribution in [2.75, 3.05) is 6.54 Å². The van der Waals surface area contributed by atoms with Crippen LogP contribution in [-0.4, -0.2) is 46.0 Å². The molecular weight excluding hydrogens is 693 g/mol. The van der Waals surface area contributed by atoms with Crippen LogP contribution in [0.3, 0.4) is 0 Å². The first-order valence-corrected chi connectivity index (χ1v) is 21.6. The molecule has 8 rings (SSSR count). The lowest BCUT2D eigenvalue weighted by molar-refractivity contribution is 0.0514. The quantitative estimate of drug-likeness (QED) is 0.0344. The molecule has 5 aromatic carbocycles. The van der Waals surface area contributed by atoms with Crippen LogP contribution in [0, 0.1) is 31.6 Å². The van der Waals surface area contributed by atoms with E-state index in [1.165, 1.54) is 69.1 Å². The van der Waals surface area contributed by atoms with E-state index in [0.717, 1.165) is 82.1 Å². The van der Waals surface area contributed by atoms with Gasteiger partial charge in [0, 0.05) is 45.6 Å².